The minimum absolute atomic E-state index is 0.0764. The van der Waals surface area contributed by atoms with Crippen LogP contribution in [0.2, 0.25) is 0 Å². The van der Waals surface area contributed by atoms with Gasteiger partial charge in [-0.25, -0.2) is 0 Å². The van der Waals surface area contributed by atoms with E-state index in [1.807, 2.05) is 32.0 Å². The third-order valence-electron chi connectivity index (χ3n) is 4.57. The predicted molar refractivity (Wildman–Crippen MR) is 88.3 cm³/mol. The van der Waals surface area contributed by atoms with E-state index in [4.69, 9.17) is 9.47 Å². The van der Waals surface area contributed by atoms with Gasteiger partial charge in [-0.3, -0.25) is 4.79 Å². The van der Waals surface area contributed by atoms with Crippen molar-refractivity contribution in [3.63, 3.8) is 0 Å². The monoisotopic (exact) mass is 305 g/mol. The highest BCUT2D eigenvalue weighted by atomic mass is 16.5. The van der Waals surface area contributed by atoms with Crippen LogP contribution >= 0.6 is 0 Å². The fourth-order valence-electron chi connectivity index (χ4n) is 2.49. The number of amides is 1. The first-order valence-electron chi connectivity index (χ1n) is 8.04. The number of hydrogen-bond donors (Lipinski definition) is 1. The van der Waals surface area contributed by atoms with Crippen LogP contribution in [-0.2, 0) is 9.53 Å². The first kappa shape index (κ1) is 16.8. The highest BCUT2D eigenvalue weighted by Gasteiger charge is 2.47. The lowest BCUT2D eigenvalue weighted by atomic mass is 9.99. The molecule has 2 atom stereocenters. The molecule has 0 heterocycles. The Labute approximate surface area is 133 Å². The molecule has 2 rings (SSSR count). The van der Waals surface area contributed by atoms with Gasteiger partial charge in [0.1, 0.15) is 11.4 Å². The van der Waals surface area contributed by atoms with Gasteiger partial charge in [-0.2, -0.15) is 0 Å². The molecular formula is C18H27NO3. The molecule has 4 nitrogen and oxygen atoms in total. The molecule has 0 radical (unpaired) electrons. The summed E-state index contributed by atoms with van der Waals surface area (Å²) in [5, 5.41) is 2.97. The smallest absolute Gasteiger partial charge is 0.256 e. The van der Waals surface area contributed by atoms with Crippen molar-refractivity contribution in [2.45, 2.75) is 58.7 Å². The first-order valence-corrected chi connectivity index (χ1v) is 8.04. The largest absolute Gasteiger partial charge is 0.490 e. The third kappa shape index (κ3) is 3.61. The minimum atomic E-state index is -0.736. The number of benzene rings is 1. The molecular weight excluding hydrogens is 278 g/mol. The summed E-state index contributed by atoms with van der Waals surface area (Å²) in [6, 6.07) is 5.74. The maximum atomic E-state index is 12.5. The zero-order chi connectivity index (χ0) is 16.3. The zero-order valence-electron chi connectivity index (χ0n) is 14.2. The second kappa shape index (κ2) is 6.69. The molecule has 0 aromatic heterocycles. The van der Waals surface area contributed by atoms with E-state index in [-0.39, 0.29) is 12.0 Å². The lowest BCUT2D eigenvalue weighted by Crippen LogP contribution is -2.44. The van der Waals surface area contributed by atoms with E-state index in [0.717, 1.165) is 36.3 Å². The molecule has 1 aromatic carbocycles. The summed E-state index contributed by atoms with van der Waals surface area (Å²) >= 11 is 0. The molecule has 1 amide bonds. The Hall–Kier alpha value is -1.55. The van der Waals surface area contributed by atoms with Crippen molar-refractivity contribution in [3.05, 3.63) is 23.8 Å². The number of rotatable bonds is 7. The topological polar surface area (TPSA) is 47.6 Å². The molecule has 122 valence electrons. The van der Waals surface area contributed by atoms with Crippen LogP contribution in [0.5, 0.6) is 5.75 Å². The van der Waals surface area contributed by atoms with E-state index in [9.17, 15) is 4.79 Å². The van der Waals surface area contributed by atoms with Gasteiger partial charge in [0.15, 0.2) is 0 Å². The Morgan fingerprint density at radius 3 is 2.64 bits per heavy atom. The molecule has 0 aliphatic heterocycles. The second-order valence-electron chi connectivity index (χ2n) is 6.36. The van der Waals surface area contributed by atoms with Gasteiger partial charge in [0.25, 0.3) is 5.91 Å². The molecule has 1 saturated carbocycles. The van der Waals surface area contributed by atoms with Gasteiger partial charge in [0, 0.05) is 12.8 Å². The summed E-state index contributed by atoms with van der Waals surface area (Å²) < 4.78 is 11.3. The van der Waals surface area contributed by atoms with E-state index in [1.165, 1.54) is 0 Å². The minimum Gasteiger partial charge on any atom is -0.490 e. The van der Waals surface area contributed by atoms with Crippen molar-refractivity contribution in [2.24, 2.45) is 5.92 Å². The number of aryl methyl sites for hydroxylation is 1. The van der Waals surface area contributed by atoms with Gasteiger partial charge in [-0.05, 0) is 69.7 Å². The molecule has 0 saturated heterocycles. The molecule has 1 aliphatic rings. The number of nitrogens with one attached hydrogen (secondary N) is 1. The summed E-state index contributed by atoms with van der Waals surface area (Å²) in [5.74, 6) is 1.11. The quantitative estimate of drug-likeness (QED) is 0.830. The van der Waals surface area contributed by atoms with Crippen molar-refractivity contribution < 1.29 is 14.3 Å². The van der Waals surface area contributed by atoms with E-state index in [1.54, 1.807) is 7.11 Å². The molecule has 4 heteroatoms. The summed E-state index contributed by atoms with van der Waals surface area (Å²) in [6.07, 6.45) is 3.26. The van der Waals surface area contributed by atoms with Crippen LogP contribution in [0, 0.1) is 12.8 Å². The average Bonchev–Trinajstić information content (AvgIpc) is 3.34. The van der Waals surface area contributed by atoms with Crippen LogP contribution in [0.3, 0.4) is 0 Å². The molecule has 1 fully saturated rings. The average molecular weight is 305 g/mol. The van der Waals surface area contributed by atoms with E-state index < -0.39 is 5.60 Å². The van der Waals surface area contributed by atoms with Crippen LogP contribution in [0.25, 0.3) is 0 Å². The molecule has 0 spiro atoms. The summed E-state index contributed by atoms with van der Waals surface area (Å²) in [7, 11) is 1.60. The molecule has 1 aromatic rings. The van der Waals surface area contributed by atoms with Crippen molar-refractivity contribution >= 4 is 11.6 Å². The van der Waals surface area contributed by atoms with Gasteiger partial charge in [0.2, 0.25) is 0 Å². The van der Waals surface area contributed by atoms with Crippen LogP contribution < -0.4 is 10.1 Å². The predicted octanol–water partition coefficient (Wildman–Crippen LogP) is 3.93. The molecule has 22 heavy (non-hydrogen) atoms. The Morgan fingerprint density at radius 1 is 1.45 bits per heavy atom. The summed E-state index contributed by atoms with van der Waals surface area (Å²) in [6.45, 7) is 8.00. The maximum Gasteiger partial charge on any atom is 0.256 e. The highest BCUT2D eigenvalue weighted by Crippen LogP contribution is 2.42. The Bertz CT molecular complexity index is 539. The second-order valence-corrected chi connectivity index (χ2v) is 6.36. The van der Waals surface area contributed by atoms with Gasteiger partial charge >= 0.3 is 0 Å². The first-order chi connectivity index (χ1) is 10.4. The maximum absolute atomic E-state index is 12.5. The van der Waals surface area contributed by atoms with Gasteiger partial charge < -0.3 is 14.8 Å². The molecule has 1 N–H and O–H groups in total. The Balaban J connectivity index is 2.07. The fourth-order valence-corrected chi connectivity index (χ4v) is 2.49. The van der Waals surface area contributed by atoms with E-state index in [2.05, 4.69) is 19.2 Å². The van der Waals surface area contributed by atoms with Crippen LogP contribution in [0.4, 0.5) is 5.69 Å². The summed E-state index contributed by atoms with van der Waals surface area (Å²) in [4.78, 5) is 12.5. The van der Waals surface area contributed by atoms with Crippen LogP contribution in [0.15, 0.2) is 18.2 Å². The molecule has 1 aliphatic carbocycles. The Morgan fingerprint density at radius 2 is 2.14 bits per heavy atom. The zero-order valence-corrected chi connectivity index (χ0v) is 14.2. The van der Waals surface area contributed by atoms with Crippen molar-refractivity contribution in [1.29, 1.82) is 0 Å². The van der Waals surface area contributed by atoms with Crippen molar-refractivity contribution in [1.82, 2.24) is 0 Å². The van der Waals surface area contributed by atoms with Gasteiger partial charge in [-0.1, -0.05) is 6.92 Å². The third-order valence-corrected chi connectivity index (χ3v) is 4.57. The number of methoxy groups -OCH3 is 1. The van der Waals surface area contributed by atoms with Gasteiger partial charge in [0.05, 0.1) is 6.10 Å². The van der Waals surface area contributed by atoms with E-state index >= 15 is 0 Å². The number of carbonyl (C=O) groups excluding carboxylic acids is 1. The van der Waals surface area contributed by atoms with Crippen molar-refractivity contribution in [3.8, 4) is 5.75 Å². The number of carbonyl (C=O) groups is 1. The number of ether oxygens (including phenoxy) is 2. The lowest BCUT2D eigenvalue weighted by Gasteiger charge is -2.27. The molecule has 0 unspecified atom stereocenters. The Kier molecular flexibility index (Phi) is 5.12. The van der Waals surface area contributed by atoms with Crippen LogP contribution in [0.1, 0.15) is 45.6 Å². The number of anilines is 1. The standard InChI is InChI=1S/C18H27NO3/c1-6-13(3)22-16-10-9-15(11-12(16)2)19-17(20)18(4,21-5)14-7-8-14/h9-11,13-14H,6-8H2,1-5H3,(H,19,20)/t13-,18+/m1/s1. The van der Waals surface area contributed by atoms with Crippen molar-refractivity contribution in [2.75, 3.05) is 12.4 Å². The molecule has 0 bridgehead atoms. The lowest BCUT2D eigenvalue weighted by molar-refractivity contribution is -0.138. The van der Waals surface area contributed by atoms with Gasteiger partial charge in [-0.15, -0.1) is 0 Å². The highest BCUT2D eigenvalue weighted by molar-refractivity contribution is 5.97. The fraction of sp³-hybridized carbons (Fsp3) is 0.611. The SMILES string of the molecule is CC[C@@H](C)Oc1ccc(NC(=O)[C@@](C)(OC)C2CC2)cc1C. The number of hydrogen-bond acceptors (Lipinski definition) is 3. The summed E-state index contributed by atoms with van der Waals surface area (Å²) in [5.41, 5.74) is 1.06. The normalized spacial score (nSPS) is 18.4. The van der Waals surface area contributed by atoms with Crippen LogP contribution in [-0.4, -0.2) is 24.7 Å². The van der Waals surface area contributed by atoms with E-state index in [0.29, 0.717) is 5.92 Å².